The zero-order valence-corrected chi connectivity index (χ0v) is 4.48. The molecule has 0 aromatic carbocycles. The van der Waals surface area contributed by atoms with Crippen molar-refractivity contribution < 1.29 is 0 Å². The minimum Gasteiger partial charge on any atom is -0.314 e. The van der Waals surface area contributed by atoms with Crippen molar-refractivity contribution in [2.75, 3.05) is 6.54 Å². The van der Waals surface area contributed by atoms with Gasteiger partial charge in [0.25, 0.3) is 0 Å². The highest BCUT2D eigenvalue weighted by molar-refractivity contribution is 4.95. The van der Waals surface area contributed by atoms with Crippen LogP contribution in [0.4, 0.5) is 0 Å². The van der Waals surface area contributed by atoms with E-state index in [-0.39, 0.29) is 0 Å². The molecule has 0 aromatic heterocycles. The quantitative estimate of drug-likeness (QED) is 0.470. The Kier molecular flexibility index (Phi) is 0.680. The minimum atomic E-state index is 0.953. The summed E-state index contributed by atoms with van der Waals surface area (Å²) < 4.78 is 0. The number of hydrogen-bond acceptors (Lipinski definition) is 1. The second-order valence-electron chi connectivity index (χ2n) is 2.70. The molecular formula is C6H11N. The Hall–Kier alpha value is -0.0400. The van der Waals surface area contributed by atoms with Gasteiger partial charge in [-0.2, -0.15) is 0 Å². The van der Waals surface area contributed by atoms with Gasteiger partial charge in [0.2, 0.25) is 0 Å². The van der Waals surface area contributed by atoms with Gasteiger partial charge in [-0.15, -0.1) is 0 Å². The second kappa shape index (κ2) is 1.22. The van der Waals surface area contributed by atoms with E-state index in [4.69, 9.17) is 0 Å². The van der Waals surface area contributed by atoms with Crippen molar-refractivity contribution >= 4 is 0 Å². The Labute approximate surface area is 44.1 Å². The molecule has 2 fully saturated rings. The van der Waals surface area contributed by atoms with Gasteiger partial charge in [0.1, 0.15) is 0 Å². The van der Waals surface area contributed by atoms with Crippen LogP contribution in [0.15, 0.2) is 0 Å². The van der Waals surface area contributed by atoms with Crippen LogP contribution >= 0.6 is 0 Å². The zero-order valence-electron chi connectivity index (χ0n) is 4.48. The standard InChI is InChI=1S/C6H11N/c1-2-5-4-6(5)7-3-1/h5-7H,1-4H2/t5-,6-/m1/s1. The van der Waals surface area contributed by atoms with Gasteiger partial charge in [-0.3, -0.25) is 0 Å². The van der Waals surface area contributed by atoms with E-state index in [1.54, 1.807) is 0 Å². The fourth-order valence-corrected chi connectivity index (χ4v) is 1.47. The fraction of sp³-hybridized carbons (Fsp3) is 1.00. The molecule has 1 heterocycles. The molecule has 0 bridgehead atoms. The van der Waals surface area contributed by atoms with Crippen molar-refractivity contribution in [2.45, 2.75) is 25.3 Å². The van der Waals surface area contributed by atoms with Gasteiger partial charge in [-0.25, -0.2) is 0 Å². The van der Waals surface area contributed by atoms with E-state index in [1.807, 2.05) is 0 Å². The maximum atomic E-state index is 3.46. The second-order valence-corrected chi connectivity index (χ2v) is 2.70. The molecule has 2 atom stereocenters. The summed E-state index contributed by atoms with van der Waals surface area (Å²) in [4.78, 5) is 0. The molecule has 7 heavy (non-hydrogen) atoms. The van der Waals surface area contributed by atoms with Crippen LogP contribution in [0.1, 0.15) is 19.3 Å². The van der Waals surface area contributed by atoms with Crippen LogP contribution in [0.2, 0.25) is 0 Å². The molecular weight excluding hydrogens is 86.1 g/mol. The summed E-state index contributed by atoms with van der Waals surface area (Å²) in [6.07, 6.45) is 4.39. The SMILES string of the molecule is C1CN[C@@H]2C[C@H]2C1. The van der Waals surface area contributed by atoms with Gasteiger partial charge in [0.05, 0.1) is 0 Å². The van der Waals surface area contributed by atoms with Crippen molar-refractivity contribution in [3.63, 3.8) is 0 Å². The Morgan fingerprint density at radius 3 is 3.00 bits per heavy atom. The van der Waals surface area contributed by atoms with E-state index in [1.165, 1.54) is 25.8 Å². The lowest BCUT2D eigenvalue weighted by Gasteiger charge is -2.08. The van der Waals surface area contributed by atoms with E-state index in [0.29, 0.717) is 0 Å². The summed E-state index contributed by atoms with van der Waals surface area (Å²) >= 11 is 0. The summed E-state index contributed by atoms with van der Waals surface area (Å²) in [6, 6.07) is 0.953. The van der Waals surface area contributed by atoms with Gasteiger partial charge < -0.3 is 5.32 Å². The number of hydrogen-bond donors (Lipinski definition) is 1. The average molecular weight is 97.2 g/mol. The molecule has 1 aliphatic carbocycles. The third-order valence-electron chi connectivity index (χ3n) is 2.08. The maximum absolute atomic E-state index is 3.46. The monoisotopic (exact) mass is 97.1 g/mol. The van der Waals surface area contributed by atoms with E-state index in [9.17, 15) is 0 Å². The van der Waals surface area contributed by atoms with Crippen LogP contribution < -0.4 is 5.32 Å². The van der Waals surface area contributed by atoms with Gasteiger partial charge in [0, 0.05) is 6.04 Å². The van der Waals surface area contributed by atoms with E-state index in [0.717, 1.165) is 12.0 Å². The molecule has 0 radical (unpaired) electrons. The predicted molar refractivity (Wildman–Crippen MR) is 29.1 cm³/mol. The van der Waals surface area contributed by atoms with Gasteiger partial charge in [-0.1, -0.05) is 0 Å². The van der Waals surface area contributed by atoms with Crippen LogP contribution in [-0.4, -0.2) is 12.6 Å². The minimum absolute atomic E-state index is 0.953. The first kappa shape index (κ1) is 3.90. The lowest BCUT2D eigenvalue weighted by atomic mass is 10.2. The predicted octanol–water partition coefficient (Wildman–Crippen LogP) is 0.758. The van der Waals surface area contributed by atoms with Crippen LogP contribution in [0, 0.1) is 5.92 Å². The van der Waals surface area contributed by atoms with Gasteiger partial charge in [-0.05, 0) is 31.7 Å². The summed E-state index contributed by atoms with van der Waals surface area (Å²) in [6.45, 7) is 1.28. The number of fused-ring (bicyclic) bond motifs is 1. The highest BCUT2D eigenvalue weighted by Gasteiger charge is 2.37. The summed E-state index contributed by atoms with van der Waals surface area (Å²) in [5.41, 5.74) is 0. The molecule has 2 rings (SSSR count). The number of nitrogens with one attached hydrogen (secondary N) is 1. The molecule has 1 nitrogen and oxygen atoms in total. The molecule has 40 valence electrons. The average Bonchev–Trinajstić information content (AvgIpc) is 2.41. The Morgan fingerprint density at radius 2 is 2.43 bits per heavy atom. The molecule has 2 aliphatic rings. The third kappa shape index (κ3) is 0.556. The highest BCUT2D eigenvalue weighted by Crippen LogP contribution is 2.36. The van der Waals surface area contributed by atoms with E-state index < -0.39 is 0 Å². The zero-order chi connectivity index (χ0) is 4.69. The van der Waals surface area contributed by atoms with Crippen molar-refractivity contribution in [1.29, 1.82) is 0 Å². The van der Waals surface area contributed by atoms with Crippen molar-refractivity contribution in [3.8, 4) is 0 Å². The van der Waals surface area contributed by atoms with Crippen molar-refractivity contribution in [3.05, 3.63) is 0 Å². The van der Waals surface area contributed by atoms with Crippen LogP contribution in [0.3, 0.4) is 0 Å². The normalized spacial score (nSPS) is 48.0. The maximum Gasteiger partial charge on any atom is 0.00991 e. The molecule has 1 heteroatoms. The lowest BCUT2D eigenvalue weighted by molar-refractivity contribution is 0.505. The van der Waals surface area contributed by atoms with Crippen LogP contribution in [-0.2, 0) is 0 Å². The summed E-state index contributed by atoms with van der Waals surface area (Å²) in [5, 5.41) is 3.46. The molecule has 0 aromatic rings. The first-order valence-corrected chi connectivity index (χ1v) is 3.20. The number of piperidine rings is 1. The topological polar surface area (TPSA) is 12.0 Å². The summed E-state index contributed by atoms with van der Waals surface area (Å²) in [7, 11) is 0. The number of rotatable bonds is 0. The van der Waals surface area contributed by atoms with E-state index >= 15 is 0 Å². The molecule has 1 N–H and O–H groups in total. The van der Waals surface area contributed by atoms with Crippen LogP contribution in [0.25, 0.3) is 0 Å². The van der Waals surface area contributed by atoms with Crippen LogP contribution in [0.5, 0.6) is 0 Å². The summed E-state index contributed by atoms with van der Waals surface area (Å²) in [5.74, 6) is 1.09. The van der Waals surface area contributed by atoms with Crippen molar-refractivity contribution in [2.24, 2.45) is 5.92 Å². The van der Waals surface area contributed by atoms with E-state index in [2.05, 4.69) is 5.32 Å². The largest absolute Gasteiger partial charge is 0.314 e. The highest BCUT2D eigenvalue weighted by atomic mass is 15.0. The van der Waals surface area contributed by atoms with Crippen molar-refractivity contribution in [1.82, 2.24) is 5.32 Å². The fourth-order valence-electron chi connectivity index (χ4n) is 1.47. The molecule has 1 saturated heterocycles. The molecule has 0 spiro atoms. The van der Waals surface area contributed by atoms with Gasteiger partial charge >= 0.3 is 0 Å². The molecule has 0 unspecified atom stereocenters. The lowest BCUT2D eigenvalue weighted by Crippen LogP contribution is -2.23. The molecule has 1 aliphatic heterocycles. The Bertz CT molecular complexity index is 70.2. The molecule has 0 amide bonds. The first-order chi connectivity index (χ1) is 3.47. The molecule has 1 saturated carbocycles. The third-order valence-corrected chi connectivity index (χ3v) is 2.08. The Balaban J connectivity index is 1.95. The first-order valence-electron chi connectivity index (χ1n) is 3.20. The van der Waals surface area contributed by atoms with Gasteiger partial charge in [0.15, 0.2) is 0 Å². The Morgan fingerprint density at radius 1 is 1.43 bits per heavy atom. The smallest absolute Gasteiger partial charge is 0.00991 e.